The van der Waals surface area contributed by atoms with Gasteiger partial charge in [-0.1, -0.05) is 44.2 Å². The molecule has 1 unspecified atom stereocenters. The highest BCUT2D eigenvalue weighted by molar-refractivity contribution is 7.91. The van der Waals surface area contributed by atoms with Crippen molar-refractivity contribution in [1.29, 1.82) is 0 Å². The fourth-order valence-electron chi connectivity index (χ4n) is 2.51. The second-order valence-corrected chi connectivity index (χ2v) is 8.43. The van der Waals surface area contributed by atoms with Gasteiger partial charge < -0.3 is 5.32 Å². The lowest BCUT2D eigenvalue weighted by Gasteiger charge is -2.19. The van der Waals surface area contributed by atoms with Gasteiger partial charge in [-0.15, -0.1) is 0 Å². The summed E-state index contributed by atoms with van der Waals surface area (Å²) in [7, 11) is -3.78. The van der Waals surface area contributed by atoms with E-state index >= 15 is 0 Å². The predicted molar refractivity (Wildman–Crippen MR) is 95.2 cm³/mol. The average molecular weight is 363 g/mol. The minimum Gasteiger partial charge on any atom is -0.354 e. The van der Waals surface area contributed by atoms with Crippen LogP contribution < -0.4 is 5.32 Å². The molecule has 2 aromatic carbocycles. The van der Waals surface area contributed by atoms with E-state index in [0.717, 1.165) is 12.1 Å². The molecular formula is C19H22FNO3S. The van der Waals surface area contributed by atoms with Crippen LogP contribution in [0.1, 0.15) is 31.1 Å². The first-order valence-electron chi connectivity index (χ1n) is 8.12. The summed E-state index contributed by atoms with van der Waals surface area (Å²) in [5, 5.41) is 1.77. The van der Waals surface area contributed by atoms with Crippen LogP contribution in [0.2, 0.25) is 0 Å². The molecule has 0 aliphatic carbocycles. The van der Waals surface area contributed by atoms with Gasteiger partial charge in [-0.05, 0) is 35.7 Å². The molecule has 0 radical (unpaired) electrons. The number of nitrogens with one attached hydrogen (secondary N) is 1. The number of hydrogen-bond donors (Lipinski definition) is 1. The topological polar surface area (TPSA) is 63.2 Å². The van der Waals surface area contributed by atoms with Crippen LogP contribution in [0.15, 0.2) is 59.5 Å². The molecule has 0 aromatic heterocycles. The van der Waals surface area contributed by atoms with E-state index < -0.39 is 20.9 Å². The summed E-state index contributed by atoms with van der Waals surface area (Å²) in [6.07, 6.45) is 0.331. The highest BCUT2D eigenvalue weighted by Gasteiger charge is 2.29. The van der Waals surface area contributed by atoms with Crippen LogP contribution in [0.5, 0.6) is 0 Å². The molecule has 2 rings (SSSR count). The number of carbonyl (C=O) groups excluding carboxylic acids is 1. The summed E-state index contributed by atoms with van der Waals surface area (Å²) in [5.74, 6) is -0.505. The van der Waals surface area contributed by atoms with Gasteiger partial charge in [0, 0.05) is 13.0 Å². The number of halogens is 1. The number of hydrogen-bond acceptors (Lipinski definition) is 3. The summed E-state index contributed by atoms with van der Waals surface area (Å²) in [4.78, 5) is 12.0. The third kappa shape index (κ3) is 5.13. The van der Waals surface area contributed by atoms with Gasteiger partial charge in [0.1, 0.15) is 11.1 Å². The maximum absolute atomic E-state index is 13.1. The van der Waals surface area contributed by atoms with E-state index in [4.69, 9.17) is 0 Å². The van der Waals surface area contributed by atoms with Gasteiger partial charge in [-0.2, -0.15) is 0 Å². The molecule has 0 bridgehead atoms. The Balaban J connectivity index is 2.31. The monoisotopic (exact) mass is 363 g/mol. The summed E-state index contributed by atoms with van der Waals surface area (Å²) in [6, 6.07) is 13.4. The molecule has 0 spiro atoms. The molecule has 0 aliphatic heterocycles. The molecule has 134 valence electrons. The summed E-state index contributed by atoms with van der Waals surface area (Å²) in [6.45, 7) is 3.81. The Labute approximate surface area is 148 Å². The van der Waals surface area contributed by atoms with E-state index in [9.17, 15) is 17.6 Å². The van der Waals surface area contributed by atoms with Crippen LogP contribution in [0.4, 0.5) is 4.39 Å². The second-order valence-electron chi connectivity index (χ2n) is 6.30. The minimum absolute atomic E-state index is 0.0286. The zero-order valence-corrected chi connectivity index (χ0v) is 15.1. The molecule has 2 aromatic rings. The lowest BCUT2D eigenvalue weighted by Crippen LogP contribution is -2.32. The fourth-order valence-corrected chi connectivity index (χ4v) is 4.17. The van der Waals surface area contributed by atoms with Crippen molar-refractivity contribution >= 4 is 15.7 Å². The highest BCUT2D eigenvalue weighted by atomic mass is 32.2. The van der Waals surface area contributed by atoms with Crippen molar-refractivity contribution in [2.75, 3.05) is 6.54 Å². The van der Waals surface area contributed by atoms with Gasteiger partial charge in [0.25, 0.3) is 0 Å². The molecule has 0 saturated heterocycles. The molecule has 25 heavy (non-hydrogen) atoms. The molecular weight excluding hydrogens is 341 g/mol. The van der Waals surface area contributed by atoms with E-state index in [-0.39, 0.29) is 23.3 Å². The minimum atomic E-state index is -3.78. The van der Waals surface area contributed by atoms with E-state index in [0.29, 0.717) is 12.0 Å². The van der Waals surface area contributed by atoms with Crippen molar-refractivity contribution < 1.29 is 17.6 Å². The van der Waals surface area contributed by atoms with Gasteiger partial charge in [0.05, 0.1) is 4.90 Å². The number of benzene rings is 2. The SMILES string of the molecule is CC(C)CC(=O)NCC(c1ccccc1)S(=O)(=O)c1ccc(F)cc1. The standard InChI is InChI=1S/C19H22FNO3S/c1-14(2)12-19(22)21-13-18(15-6-4-3-5-7-15)25(23,24)17-10-8-16(20)9-11-17/h3-11,14,18H,12-13H2,1-2H3,(H,21,22). The van der Waals surface area contributed by atoms with Crippen molar-refractivity contribution in [2.24, 2.45) is 5.92 Å². The first kappa shape index (κ1) is 19.1. The summed E-state index contributed by atoms with van der Waals surface area (Å²) < 4.78 is 39.1. The molecule has 6 heteroatoms. The molecule has 4 nitrogen and oxygen atoms in total. The van der Waals surface area contributed by atoms with Crippen LogP contribution in [-0.2, 0) is 14.6 Å². The van der Waals surface area contributed by atoms with E-state index in [1.807, 2.05) is 13.8 Å². The zero-order chi connectivity index (χ0) is 18.4. The lowest BCUT2D eigenvalue weighted by molar-refractivity contribution is -0.121. The Morgan fingerprint density at radius 3 is 2.20 bits per heavy atom. The van der Waals surface area contributed by atoms with E-state index in [1.54, 1.807) is 30.3 Å². The first-order valence-corrected chi connectivity index (χ1v) is 9.66. The van der Waals surface area contributed by atoms with Gasteiger partial charge in [-0.25, -0.2) is 12.8 Å². The molecule has 0 fully saturated rings. The lowest BCUT2D eigenvalue weighted by atomic mass is 10.1. The van der Waals surface area contributed by atoms with Crippen molar-refractivity contribution in [2.45, 2.75) is 30.4 Å². The van der Waals surface area contributed by atoms with Crippen molar-refractivity contribution in [3.8, 4) is 0 Å². The predicted octanol–water partition coefficient (Wildman–Crippen LogP) is 3.50. The smallest absolute Gasteiger partial charge is 0.220 e. The number of rotatable bonds is 7. The van der Waals surface area contributed by atoms with E-state index in [2.05, 4.69) is 5.32 Å². The molecule has 1 atom stereocenters. The maximum Gasteiger partial charge on any atom is 0.220 e. The van der Waals surface area contributed by atoms with Crippen LogP contribution in [0.25, 0.3) is 0 Å². The quantitative estimate of drug-likeness (QED) is 0.766. The van der Waals surface area contributed by atoms with Crippen LogP contribution in [0, 0.1) is 11.7 Å². The molecule has 1 N–H and O–H groups in total. The second kappa shape index (κ2) is 8.25. The maximum atomic E-state index is 13.1. The number of sulfone groups is 1. The molecule has 0 saturated carbocycles. The molecule has 0 heterocycles. The van der Waals surface area contributed by atoms with Crippen molar-refractivity contribution in [3.05, 3.63) is 66.0 Å². The van der Waals surface area contributed by atoms with Crippen molar-refractivity contribution in [1.82, 2.24) is 5.32 Å². The third-order valence-corrected chi connectivity index (χ3v) is 5.88. The number of carbonyl (C=O) groups is 1. The fraction of sp³-hybridized carbons (Fsp3) is 0.316. The van der Waals surface area contributed by atoms with E-state index in [1.165, 1.54) is 12.1 Å². The largest absolute Gasteiger partial charge is 0.354 e. The number of amides is 1. The van der Waals surface area contributed by atoms with Gasteiger partial charge in [-0.3, -0.25) is 4.79 Å². The molecule has 1 amide bonds. The normalized spacial score (nSPS) is 12.8. The Morgan fingerprint density at radius 2 is 1.64 bits per heavy atom. The Hall–Kier alpha value is -2.21. The zero-order valence-electron chi connectivity index (χ0n) is 14.3. The summed E-state index contributed by atoms with van der Waals surface area (Å²) >= 11 is 0. The van der Waals surface area contributed by atoms with Crippen LogP contribution >= 0.6 is 0 Å². The molecule has 0 aliphatic rings. The Kier molecular flexibility index (Phi) is 6.31. The Bertz CT molecular complexity index is 802. The van der Waals surface area contributed by atoms with Crippen LogP contribution in [0.3, 0.4) is 0 Å². The summed E-state index contributed by atoms with van der Waals surface area (Å²) in [5.41, 5.74) is 0.580. The van der Waals surface area contributed by atoms with Gasteiger partial charge >= 0.3 is 0 Å². The van der Waals surface area contributed by atoms with Gasteiger partial charge in [0.15, 0.2) is 9.84 Å². The first-order chi connectivity index (χ1) is 11.8. The van der Waals surface area contributed by atoms with Gasteiger partial charge in [0.2, 0.25) is 5.91 Å². The van der Waals surface area contributed by atoms with Crippen molar-refractivity contribution in [3.63, 3.8) is 0 Å². The Morgan fingerprint density at radius 1 is 1.04 bits per heavy atom. The highest BCUT2D eigenvalue weighted by Crippen LogP contribution is 2.28. The third-order valence-electron chi connectivity index (χ3n) is 3.77. The van der Waals surface area contributed by atoms with Crippen LogP contribution in [-0.4, -0.2) is 20.9 Å². The average Bonchev–Trinajstić information content (AvgIpc) is 2.55.